The largest absolute Gasteiger partial charge is 0.482 e. The van der Waals surface area contributed by atoms with E-state index in [9.17, 15) is 14.9 Å². The number of nitro benzene ring substituents is 1. The normalized spacial score (nSPS) is 10.0. The van der Waals surface area contributed by atoms with Gasteiger partial charge in [0.05, 0.1) is 16.9 Å². The van der Waals surface area contributed by atoms with E-state index in [0.717, 1.165) is 0 Å². The van der Waals surface area contributed by atoms with Crippen molar-refractivity contribution in [1.29, 1.82) is 0 Å². The van der Waals surface area contributed by atoms with Crippen LogP contribution < -0.4 is 4.74 Å². The predicted molar refractivity (Wildman–Crippen MR) is 82.2 cm³/mol. The number of hydrogen-bond donors (Lipinski definition) is 0. The molecule has 0 spiro atoms. The van der Waals surface area contributed by atoms with Crippen LogP contribution in [0.3, 0.4) is 0 Å². The average Bonchev–Trinajstić information content (AvgIpc) is 2.55. The highest BCUT2D eigenvalue weighted by molar-refractivity contribution is 7.99. The molecule has 114 valence electrons. The van der Waals surface area contributed by atoms with Crippen molar-refractivity contribution < 1.29 is 19.2 Å². The summed E-state index contributed by atoms with van der Waals surface area (Å²) >= 11 is 1.18. The van der Waals surface area contributed by atoms with Crippen molar-refractivity contribution in [3.8, 4) is 5.75 Å². The molecular formula is C15H13NO5S. The van der Waals surface area contributed by atoms with Gasteiger partial charge in [-0.15, -0.1) is 0 Å². The highest BCUT2D eigenvalue weighted by atomic mass is 32.2. The lowest BCUT2D eigenvalue weighted by Gasteiger charge is -2.09. The second kappa shape index (κ2) is 7.46. The van der Waals surface area contributed by atoms with Gasteiger partial charge in [-0.05, 0) is 18.2 Å². The predicted octanol–water partition coefficient (Wildman–Crippen LogP) is 3.51. The number of hydrogen-bond acceptors (Lipinski definition) is 6. The van der Waals surface area contributed by atoms with E-state index in [0.29, 0.717) is 16.2 Å². The van der Waals surface area contributed by atoms with Crippen LogP contribution >= 0.6 is 11.8 Å². The minimum Gasteiger partial charge on any atom is -0.482 e. The lowest BCUT2D eigenvalue weighted by atomic mass is 10.2. The zero-order chi connectivity index (χ0) is 15.9. The fourth-order valence-electron chi connectivity index (χ4n) is 1.76. The Morgan fingerprint density at radius 1 is 1.18 bits per heavy atom. The molecule has 0 saturated carbocycles. The summed E-state index contributed by atoms with van der Waals surface area (Å²) in [4.78, 5) is 22.6. The second-order valence-corrected chi connectivity index (χ2v) is 5.08. The molecular weight excluding hydrogens is 306 g/mol. The van der Waals surface area contributed by atoms with E-state index >= 15 is 0 Å². The number of esters is 1. The first-order chi connectivity index (χ1) is 10.6. The SMILES string of the molecule is COC(=O)c1ccccc1OCSc1ccccc1[N+](=O)[O-]. The number of nitro groups is 1. The van der Waals surface area contributed by atoms with Gasteiger partial charge in [0, 0.05) is 6.07 Å². The minimum atomic E-state index is -0.494. The van der Waals surface area contributed by atoms with Crippen molar-refractivity contribution in [1.82, 2.24) is 0 Å². The summed E-state index contributed by atoms with van der Waals surface area (Å²) in [6.45, 7) is 0. The molecule has 22 heavy (non-hydrogen) atoms. The van der Waals surface area contributed by atoms with Crippen LogP contribution in [-0.2, 0) is 4.74 Å². The minimum absolute atomic E-state index is 0.0253. The van der Waals surface area contributed by atoms with E-state index in [1.165, 1.54) is 24.9 Å². The first kappa shape index (κ1) is 15.8. The second-order valence-electron chi connectivity index (χ2n) is 4.12. The van der Waals surface area contributed by atoms with Crippen LogP contribution in [0.15, 0.2) is 53.4 Å². The third-order valence-corrected chi connectivity index (χ3v) is 3.68. The number of rotatable bonds is 6. The number of carbonyl (C=O) groups is 1. The van der Waals surface area contributed by atoms with Gasteiger partial charge in [0.2, 0.25) is 0 Å². The van der Waals surface area contributed by atoms with E-state index in [1.54, 1.807) is 42.5 Å². The maximum Gasteiger partial charge on any atom is 0.341 e. The molecule has 0 radical (unpaired) electrons. The van der Waals surface area contributed by atoms with Crippen LogP contribution in [0, 0.1) is 10.1 Å². The molecule has 6 nitrogen and oxygen atoms in total. The molecule has 0 aromatic heterocycles. The van der Waals surface area contributed by atoms with Crippen LogP contribution in [-0.4, -0.2) is 23.9 Å². The molecule has 0 amide bonds. The van der Waals surface area contributed by atoms with Crippen LogP contribution in [0.5, 0.6) is 5.75 Å². The molecule has 2 rings (SSSR count). The third kappa shape index (κ3) is 3.76. The number of nitrogens with zero attached hydrogens (tertiary/aromatic N) is 1. The average molecular weight is 319 g/mol. The number of ether oxygens (including phenoxy) is 2. The Morgan fingerprint density at radius 2 is 1.86 bits per heavy atom. The fourth-order valence-corrected chi connectivity index (χ4v) is 2.54. The Labute approximate surface area is 131 Å². The molecule has 0 aliphatic rings. The third-order valence-electron chi connectivity index (χ3n) is 2.78. The number of benzene rings is 2. The Bertz CT molecular complexity index is 689. The fraction of sp³-hybridized carbons (Fsp3) is 0.133. The number of thioether (sulfide) groups is 1. The highest BCUT2D eigenvalue weighted by Gasteiger charge is 2.15. The maximum absolute atomic E-state index is 11.6. The Morgan fingerprint density at radius 3 is 2.59 bits per heavy atom. The number of methoxy groups -OCH3 is 1. The molecule has 2 aromatic carbocycles. The molecule has 0 aliphatic heterocycles. The summed E-state index contributed by atoms with van der Waals surface area (Å²) in [6, 6.07) is 13.1. The Balaban J connectivity index is 2.06. The van der Waals surface area contributed by atoms with E-state index in [2.05, 4.69) is 4.74 Å². The molecule has 2 aromatic rings. The Kier molecular flexibility index (Phi) is 5.37. The van der Waals surface area contributed by atoms with Crippen molar-refractivity contribution >= 4 is 23.4 Å². The van der Waals surface area contributed by atoms with Crippen molar-refractivity contribution in [3.05, 3.63) is 64.2 Å². The smallest absolute Gasteiger partial charge is 0.341 e. The van der Waals surface area contributed by atoms with E-state index in [-0.39, 0.29) is 11.6 Å². The van der Waals surface area contributed by atoms with Gasteiger partial charge in [-0.1, -0.05) is 36.0 Å². The molecule has 0 atom stereocenters. The molecule has 0 unspecified atom stereocenters. The van der Waals surface area contributed by atoms with Crippen molar-refractivity contribution in [2.75, 3.05) is 13.0 Å². The zero-order valence-electron chi connectivity index (χ0n) is 11.7. The van der Waals surface area contributed by atoms with E-state index in [1.807, 2.05) is 0 Å². The van der Waals surface area contributed by atoms with Gasteiger partial charge in [-0.2, -0.15) is 0 Å². The summed E-state index contributed by atoms with van der Waals surface area (Å²) in [5.74, 6) is 0.0190. The first-order valence-electron chi connectivity index (χ1n) is 6.30. The topological polar surface area (TPSA) is 78.7 Å². The molecule has 0 heterocycles. The van der Waals surface area contributed by atoms with Gasteiger partial charge in [0.25, 0.3) is 5.69 Å². The van der Waals surface area contributed by atoms with Gasteiger partial charge in [-0.25, -0.2) is 4.79 Å². The highest BCUT2D eigenvalue weighted by Crippen LogP contribution is 2.29. The van der Waals surface area contributed by atoms with Gasteiger partial charge < -0.3 is 9.47 Å². The summed E-state index contributed by atoms with van der Waals surface area (Å²) in [5, 5.41) is 10.9. The van der Waals surface area contributed by atoms with Gasteiger partial charge in [0.1, 0.15) is 17.3 Å². The molecule has 0 N–H and O–H groups in total. The van der Waals surface area contributed by atoms with Gasteiger partial charge in [-0.3, -0.25) is 10.1 Å². The molecule has 0 saturated heterocycles. The molecule has 0 aliphatic carbocycles. The molecule has 7 heteroatoms. The maximum atomic E-state index is 11.6. The molecule has 0 fully saturated rings. The van der Waals surface area contributed by atoms with E-state index < -0.39 is 10.9 Å². The van der Waals surface area contributed by atoms with Gasteiger partial charge in [0.15, 0.2) is 0 Å². The van der Waals surface area contributed by atoms with Gasteiger partial charge >= 0.3 is 5.97 Å². The number of para-hydroxylation sites is 2. The van der Waals surface area contributed by atoms with Crippen LogP contribution in [0.2, 0.25) is 0 Å². The van der Waals surface area contributed by atoms with Crippen LogP contribution in [0.1, 0.15) is 10.4 Å². The van der Waals surface area contributed by atoms with E-state index in [4.69, 9.17) is 4.74 Å². The summed E-state index contributed by atoms with van der Waals surface area (Å²) in [7, 11) is 1.29. The monoisotopic (exact) mass is 319 g/mol. The standard InChI is InChI=1S/C15H13NO5S/c1-20-15(17)11-6-2-4-8-13(11)21-10-22-14-9-5-3-7-12(14)16(18)19/h2-9H,10H2,1H3. The van der Waals surface area contributed by atoms with Crippen molar-refractivity contribution in [2.24, 2.45) is 0 Å². The quantitative estimate of drug-likeness (QED) is 0.266. The van der Waals surface area contributed by atoms with Crippen molar-refractivity contribution in [3.63, 3.8) is 0 Å². The van der Waals surface area contributed by atoms with Crippen molar-refractivity contribution in [2.45, 2.75) is 4.90 Å². The summed E-state index contributed by atoms with van der Waals surface area (Å²) < 4.78 is 10.2. The summed E-state index contributed by atoms with van der Waals surface area (Å²) in [6.07, 6.45) is 0. The molecule has 0 bridgehead atoms. The number of carbonyl (C=O) groups excluding carboxylic acids is 1. The zero-order valence-corrected chi connectivity index (χ0v) is 12.5. The Hall–Kier alpha value is -2.54. The lowest BCUT2D eigenvalue weighted by Crippen LogP contribution is -2.05. The lowest BCUT2D eigenvalue weighted by molar-refractivity contribution is -0.387. The summed E-state index contributed by atoms with van der Waals surface area (Å²) in [5.41, 5.74) is 0.338. The first-order valence-corrected chi connectivity index (χ1v) is 7.28. The van der Waals surface area contributed by atoms with Crippen LogP contribution in [0.4, 0.5) is 5.69 Å². The van der Waals surface area contributed by atoms with Crippen LogP contribution in [0.25, 0.3) is 0 Å².